The van der Waals surface area contributed by atoms with Crippen LogP contribution in [0, 0.1) is 23.7 Å². The Bertz CT molecular complexity index is 203. The van der Waals surface area contributed by atoms with Gasteiger partial charge in [-0.1, -0.05) is 20.3 Å². The minimum atomic E-state index is 1.03. The maximum absolute atomic E-state index is 2.40. The number of fused-ring (bicyclic) bond motifs is 4. The summed E-state index contributed by atoms with van der Waals surface area (Å²) in [6, 6.07) is 0. The molecular formula is C13H22S. The summed E-state index contributed by atoms with van der Waals surface area (Å²) in [5.41, 5.74) is 0. The lowest BCUT2D eigenvalue weighted by Gasteiger charge is -2.48. The van der Waals surface area contributed by atoms with Crippen LogP contribution in [-0.4, -0.2) is 10.5 Å². The molecule has 1 saturated heterocycles. The summed E-state index contributed by atoms with van der Waals surface area (Å²) >= 11 is 2.35. The fourth-order valence-electron chi connectivity index (χ4n) is 4.59. The number of rotatable bonds is 2. The van der Waals surface area contributed by atoms with Crippen LogP contribution < -0.4 is 0 Å². The van der Waals surface area contributed by atoms with Gasteiger partial charge < -0.3 is 0 Å². The quantitative estimate of drug-likeness (QED) is 0.665. The number of thioether (sulfide) groups is 1. The van der Waals surface area contributed by atoms with Gasteiger partial charge in [-0.2, -0.15) is 11.8 Å². The Labute approximate surface area is 92.2 Å². The van der Waals surface area contributed by atoms with Gasteiger partial charge in [0.2, 0.25) is 0 Å². The SMILES string of the molecule is CCC1SC(CC)C2C3CCCC3C12. The van der Waals surface area contributed by atoms with Gasteiger partial charge in [-0.05, 0) is 49.4 Å². The van der Waals surface area contributed by atoms with E-state index in [-0.39, 0.29) is 0 Å². The lowest BCUT2D eigenvalue weighted by atomic mass is 9.55. The van der Waals surface area contributed by atoms with E-state index in [0.29, 0.717) is 0 Å². The maximum atomic E-state index is 2.40. The molecule has 0 amide bonds. The van der Waals surface area contributed by atoms with Gasteiger partial charge in [0.25, 0.3) is 0 Å². The monoisotopic (exact) mass is 210 g/mol. The van der Waals surface area contributed by atoms with Crippen molar-refractivity contribution in [3.05, 3.63) is 0 Å². The molecule has 3 rings (SSSR count). The normalized spacial score (nSPS) is 55.3. The second-order valence-electron chi connectivity index (χ2n) is 5.44. The predicted molar refractivity (Wildman–Crippen MR) is 63.6 cm³/mol. The van der Waals surface area contributed by atoms with Crippen molar-refractivity contribution in [3.63, 3.8) is 0 Å². The van der Waals surface area contributed by atoms with E-state index in [0.717, 1.165) is 34.2 Å². The highest BCUT2D eigenvalue weighted by molar-refractivity contribution is 8.00. The van der Waals surface area contributed by atoms with Crippen molar-refractivity contribution in [1.82, 2.24) is 0 Å². The lowest BCUT2D eigenvalue weighted by molar-refractivity contribution is 0.0108. The lowest BCUT2D eigenvalue weighted by Crippen LogP contribution is -2.47. The van der Waals surface area contributed by atoms with Gasteiger partial charge in [0.1, 0.15) is 0 Å². The summed E-state index contributed by atoms with van der Waals surface area (Å²) in [5.74, 6) is 4.60. The Balaban J connectivity index is 1.80. The van der Waals surface area contributed by atoms with Gasteiger partial charge in [-0.3, -0.25) is 0 Å². The van der Waals surface area contributed by atoms with Crippen molar-refractivity contribution in [2.75, 3.05) is 0 Å². The standard InChI is InChI=1S/C13H22S/c1-3-10-12-8-6-5-7-9(8)13(12)11(4-2)14-10/h8-13H,3-7H2,1-2H3. The molecule has 0 spiro atoms. The van der Waals surface area contributed by atoms with Crippen LogP contribution in [0.1, 0.15) is 46.0 Å². The fraction of sp³-hybridized carbons (Fsp3) is 1.00. The highest BCUT2D eigenvalue weighted by Gasteiger charge is 2.60. The summed E-state index contributed by atoms with van der Waals surface area (Å²) in [4.78, 5) is 0. The molecule has 0 bridgehead atoms. The first kappa shape index (κ1) is 9.57. The van der Waals surface area contributed by atoms with E-state index in [1.807, 2.05) is 0 Å². The summed E-state index contributed by atoms with van der Waals surface area (Å²) in [6.07, 6.45) is 7.52. The van der Waals surface area contributed by atoms with Crippen molar-refractivity contribution in [3.8, 4) is 0 Å². The Morgan fingerprint density at radius 1 is 0.929 bits per heavy atom. The van der Waals surface area contributed by atoms with Crippen molar-refractivity contribution in [2.24, 2.45) is 23.7 Å². The molecule has 0 nitrogen and oxygen atoms in total. The molecule has 3 aliphatic rings. The number of hydrogen-bond donors (Lipinski definition) is 0. The van der Waals surface area contributed by atoms with E-state index < -0.39 is 0 Å². The Kier molecular flexibility index (Phi) is 2.35. The fourth-order valence-corrected chi connectivity index (χ4v) is 6.55. The van der Waals surface area contributed by atoms with Gasteiger partial charge in [0.15, 0.2) is 0 Å². The zero-order valence-corrected chi connectivity index (χ0v) is 10.2. The third kappa shape index (κ3) is 1.08. The molecule has 1 heteroatoms. The summed E-state index contributed by atoms with van der Waals surface area (Å²) < 4.78 is 0. The van der Waals surface area contributed by atoms with Crippen molar-refractivity contribution in [2.45, 2.75) is 56.5 Å². The molecule has 0 aromatic heterocycles. The number of hydrogen-bond acceptors (Lipinski definition) is 1. The summed E-state index contributed by atoms with van der Waals surface area (Å²) in [6.45, 7) is 4.80. The Hall–Kier alpha value is 0.350. The van der Waals surface area contributed by atoms with E-state index in [9.17, 15) is 0 Å². The zero-order valence-electron chi connectivity index (χ0n) is 9.41. The zero-order chi connectivity index (χ0) is 9.71. The molecule has 2 saturated carbocycles. The second-order valence-corrected chi connectivity index (χ2v) is 6.93. The molecule has 2 aliphatic carbocycles. The molecule has 6 atom stereocenters. The van der Waals surface area contributed by atoms with E-state index in [1.54, 1.807) is 19.3 Å². The molecule has 0 aromatic carbocycles. The molecule has 0 aromatic rings. The van der Waals surface area contributed by atoms with E-state index in [2.05, 4.69) is 25.6 Å². The third-order valence-electron chi connectivity index (χ3n) is 5.07. The molecular weight excluding hydrogens is 188 g/mol. The maximum Gasteiger partial charge on any atom is 0.00814 e. The minimum absolute atomic E-state index is 1.03. The van der Waals surface area contributed by atoms with Gasteiger partial charge in [-0.25, -0.2) is 0 Å². The van der Waals surface area contributed by atoms with Gasteiger partial charge in [0.05, 0.1) is 0 Å². The van der Waals surface area contributed by atoms with Crippen molar-refractivity contribution >= 4 is 11.8 Å². The first-order chi connectivity index (χ1) is 6.86. The van der Waals surface area contributed by atoms with E-state index >= 15 is 0 Å². The smallest absolute Gasteiger partial charge is 0.00814 e. The summed E-state index contributed by atoms with van der Waals surface area (Å²) in [7, 11) is 0. The van der Waals surface area contributed by atoms with Crippen molar-refractivity contribution < 1.29 is 0 Å². The Morgan fingerprint density at radius 3 is 1.86 bits per heavy atom. The molecule has 1 heterocycles. The molecule has 3 fully saturated rings. The summed E-state index contributed by atoms with van der Waals surface area (Å²) in [5, 5.41) is 2.06. The second kappa shape index (κ2) is 3.43. The molecule has 6 unspecified atom stereocenters. The topological polar surface area (TPSA) is 0 Å². The van der Waals surface area contributed by atoms with E-state index in [4.69, 9.17) is 0 Å². The third-order valence-corrected chi connectivity index (χ3v) is 7.07. The highest BCUT2D eigenvalue weighted by Crippen LogP contribution is 2.66. The van der Waals surface area contributed by atoms with Crippen LogP contribution in [0.2, 0.25) is 0 Å². The van der Waals surface area contributed by atoms with Crippen LogP contribution in [0.25, 0.3) is 0 Å². The van der Waals surface area contributed by atoms with Crippen molar-refractivity contribution in [1.29, 1.82) is 0 Å². The molecule has 0 radical (unpaired) electrons. The van der Waals surface area contributed by atoms with Crippen LogP contribution in [0.4, 0.5) is 0 Å². The first-order valence-corrected chi connectivity index (χ1v) is 7.46. The highest BCUT2D eigenvalue weighted by atomic mass is 32.2. The van der Waals surface area contributed by atoms with Crippen LogP contribution in [0.15, 0.2) is 0 Å². The van der Waals surface area contributed by atoms with Gasteiger partial charge in [0, 0.05) is 10.5 Å². The molecule has 0 N–H and O–H groups in total. The molecule has 80 valence electrons. The van der Waals surface area contributed by atoms with Gasteiger partial charge in [-0.15, -0.1) is 0 Å². The first-order valence-electron chi connectivity index (χ1n) is 6.52. The Morgan fingerprint density at radius 2 is 1.43 bits per heavy atom. The minimum Gasteiger partial charge on any atom is -0.155 e. The van der Waals surface area contributed by atoms with Crippen LogP contribution in [0.5, 0.6) is 0 Å². The van der Waals surface area contributed by atoms with Crippen LogP contribution in [-0.2, 0) is 0 Å². The average Bonchev–Trinajstić information content (AvgIpc) is 2.70. The molecule has 14 heavy (non-hydrogen) atoms. The molecule has 1 aliphatic heterocycles. The van der Waals surface area contributed by atoms with Crippen LogP contribution >= 0.6 is 11.8 Å². The largest absolute Gasteiger partial charge is 0.155 e. The van der Waals surface area contributed by atoms with Crippen LogP contribution in [0.3, 0.4) is 0 Å². The predicted octanol–water partition coefficient (Wildman–Crippen LogP) is 3.95. The van der Waals surface area contributed by atoms with E-state index in [1.165, 1.54) is 12.8 Å². The average molecular weight is 210 g/mol. The van der Waals surface area contributed by atoms with Gasteiger partial charge >= 0.3 is 0 Å².